The van der Waals surface area contributed by atoms with Crippen molar-refractivity contribution in [1.82, 2.24) is 5.32 Å². The number of rotatable bonds is 19. The van der Waals surface area contributed by atoms with Crippen LogP contribution in [0.2, 0.25) is 10.0 Å². The number of hydrogen-bond donors (Lipinski definition) is 1. The van der Waals surface area contributed by atoms with E-state index in [1.807, 2.05) is 0 Å². The lowest BCUT2D eigenvalue weighted by atomic mass is 10.3. The molecule has 1 rings (SSSR count). The molecule has 0 atom stereocenters. The van der Waals surface area contributed by atoms with Crippen LogP contribution in [0.3, 0.4) is 0 Å². The molecule has 0 unspecified atom stereocenters. The van der Waals surface area contributed by atoms with Gasteiger partial charge in [0.05, 0.1) is 81.4 Å². The van der Waals surface area contributed by atoms with E-state index in [0.717, 1.165) is 0 Å². The zero-order chi connectivity index (χ0) is 24.3. The largest absolute Gasteiger partial charge is 0.691 e. The Kier molecular flexibility index (Phi) is 17.3. The third-order valence-corrected chi connectivity index (χ3v) is 4.65. The second-order valence-corrected chi connectivity index (χ2v) is 7.68. The second-order valence-electron chi connectivity index (χ2n) is 6.09. The first-order chi connectivity index (χ1) is 15.9. The Morgan fingerprint density at radius 1 is 0.909 bits per heavy atom. The number of esters is 1. The van der Waals surface area contributed by atoms with Crippen molar-refractivity contribution in [1.29, 1.82) is 0 Å². The molecule has 0 aromatic heterocycles. The van der Waals surface area contributed by atoms with Gasteiger partial charge in [-0.2, -0.15) is 4.33 Å². The van der Waals surface area contributed by atoms with Crippen molar-refractivity contribution in [3.8, 4) is 5.75 Å². The van der Waals surface area contributed by atoms with Crippen molar-refractivity contribution in [2.24, 2.45) is 0 Å². The zero-order valence-electron chi connectivity index (χ0n) is 18.0. The fourth-order valence-electron chi connectivity index (χ4n) is 2.12. The molecular formula is C19H26Cl2NO10S-. The summed E-state index contributed by atoms with van der Waals surface area (Å²) >= 11 is 12.7. The van der Waals surface area contributed by atoms with Crippen LogP contribution in [-0.2, 0) is 37.9 Å². The van der Waals surface area contributed by atoms with Crippen molar-refractivity contribution in [2.45, 2.75) is 18.2 Å². The van der Waals surface area contributed by atoms with Crippen molar-refractivity contribution in [3.05, 3.63) is 22.2 Å². The summed E-state index contributed by atoms with van der Waals surface area (Å²) in [6, 6.07) is 2.80. The van der Waals surface area contributed by atoms with Crippen molar-refractivity contribution in [3.63, 3.8) is 0 Å². The van der Waals surface area contributed by atoms with E-state index in [4.69, 9.17) is 46.9 Å². The van der Waals surface area contributed by atoms with Gasteiger partial charge >= 0.3 is 5.97 Å². The molecule has 0 radical (unpaired) electrons. The first-order valence-corrected chi connectivity index (χ1v) is 11.3. The number of carbonyl (C=O) groups excluding carboxylic acids is 2. The maximum absolute atomic E-state index is 11.9. The Labute approximate surface area is 205 Å². The Balaban J connectivity index is 2.01. The highest BCUT2D eigenvalue weighted by Crippen LogP contribution is 2.37. The van der Waals surface area contributed by atoms with Crippen LogP contribution >= 0.6 is 35.2 Å². The van der Waals surface area contributed by atoms with Gasteiger partial charge in [0.15, 0.2) is 5.75 Å². The number of carbonyl (C=O) groups is 2. The summed E-state index contributed by atoms with van der Waals surface area (Å²) in [4.78, 5) is 23.0. The Bertz CT molecular complexity index is 690. The van der Waals surface area contributed by atoms with Gasteiger partial charge in [-0.25, -0.2) is 0 Å². The molecule has 0 heterocycles. The van der Waals surface area contributed by atoms with E-state index < -0.39 is 5.97 Å². The molecule has 1 aromatic rings. The van der Waals surface area contributed by atoms with Crippen LogP contribution in [-0.4, -0.2) is 71.3 Å². The Morgan fingerprint density at radius 2 is 1.42 bits per heavy atom. The van der Waals surface area contributed by atoms with E-state index in [-0.39, 0.29) is 34.7 Å². The average Bonchev–Trinajstić information content (AvgIpc) is 2.77. The van der Waals surface area contributed by atoms with Crippen LogP contribution < -0.4 is 15.3 Å². The number of ether oxygens (including phenoxy) is 5. The summed E-state index contributed by atoms with van der Waals surface area (Å²) < 4.78 is 30.6. The zero-order valence-corrected chi connectivity index (χ0v) is 20.3. The highest BCUT2D eigenvalue weighted by atomic mass is 35.5. The van der Waals surface area contributed by atoms with Crippen molar-refractivity contribution in [2.75, 3.05) is 59.4 Å². The van der Waals surface area contributed by atoms with Crippen LogP contribution in [0.4, 0.5) is 0 Å². The standard InChI is InChI=1S/C19H27Cl2NO10S/c1-14(23)22-3-5-27-7-9-29-11-10-28-8-6-26-4-2-18(24)30-19-16(20)12-15(13-17(19)21)33-32-31-25/h12-13,25H,2-11H2,1H3,(H,22,23)/p-1. The van der Waals surface area contributed by atoms with E-state index in [1.54, 1.807) is 0 Å². The molecule has 11 nitrogen and oxygen atoms in total. The highest BCUT2D eigenvalue weighted by Gasteiger charge is 2.15. The van der Waals surface area contributed by atoms with Gasteiger partial charge in [-0.05, 0) is 12.1 Å². The maximum atomic E-state index is 11.9. The number of benzene rings is 1. The van der Waals surface area contributed by atoms with Gasteiger partial charge in [0.2, 0.25) is 5.91 Å². The van der Waals surface area contributed by atoms with Crippen LogP contribution in [0.15, 0.2) is 17.0 Å². The quantitative estimate of drug-likeness (QED) is 0.0699. The molecule has 0 saturated carbocycles. The first kappa shape index (κ1) is 29.8. The van der Waals surface area contributed by atoms with E-state index >= 15 is 0 Å². The topological polar surface area (TPSA) is 134 Å². The van der Waals surface area contributed by atoms with E-state index in [9.17, 15) is 14.8 Å². The normalized spacial score (nSPS) is 10.9. The van der Waals surface area contributed by atoms with Crippen LogP contribution in [0.5, 0.6) is 5.75 Å². The molecule has 1 N–H and O–H groups in total. The lowest BCUT2D eigenvalue weighted by Gasteiger charge is -2.11. The third kappa shape index (κ3) is 15.4. The SMILES string of the molecule is CC(=O)NCCOCCOCCOCCOCCC(=O)Oc1c(Cl)cc(SOO[O-])cc1Cl. The minimum Gasteiger partial charge on any atom is -0.691 e. The third-order valence-electron chi connectivity index (χ3n) is 3.53. The fraction of sp³-hybridized carbons (Fsp3) is 0.579. The minimum absolute atomic E-state index is 0.00261. The summed E-state index contributed by atoms with van der Waals surface area (Å²) in [5.41, 5.74) is 0. The molecule has 1 amide bonds. The molecule has 0 aliphatic rings. The monoisotopic (exact) mass is 530 g/mol. The summed E-state index contributed by atoms with van der Waals surface area (Å²) in [6.45, 7) is 4.81. The van der Waals surface area contributed by atoms with Gasteiger partial charge in [-0.3, -0.25) is 14.6 Å². The minimum atomic E-state index is -0.577. The lowest BCUT2D eigenvalue weighted by molar-refractivity contribution is -0.777. The number of halogens is 2. The number of nitrogens with one attached hydrogen (secondary N) is 1. The lowest BCUT2D eigenvalue weighted by Crippen LogP contribution is -2.25. The van der Waals surface area contributed by atoms with Gasteiger partial charge in [0.1, 0.15) is 0 Å². The Morgan fingerprint density at radius 3 is 1.94 bits per heavy atom. The Hall–Kier alpha value is -1.19. The maximum Gasteiger partial charge on any atom is 0.313 e. The second kappa shape index (κ2) is 19.2. The molecule has 0 aliphatic heterocycles. The average molecular weight is 531 g/mol. The first-order valence-electron chi connectivity index (χ1n) is 9.82. The van der Waals surface area contributed by atoms with Gasteiger partial charge in [0.25, 0.3) is 0 Å². The fourth-order valence-corrected chi connectivity index (χ4v) is 3.25. The van der Waals surface area contributed by atoms with Gasteiger partial charge in [-0.15, -0.1) is 0 Å². The summed E-state index contributed by atoms with van der Waals surface area (Å²) in [5, 5.41) is 15.9. The molecule has 0 spiro atoms. The molecule has 33 heavy (non-hydrogen) atoms. The van der Waals surface area contributed by atoms with Crippen LogP contribution in [0.25, 0.3) is 0 Å². The predicted octanol–water partition coefficient (Wildman–Crippen LogP) is 1.72. The van der Waals surface area contributed by atoms with E-state index in [0.29, 0.717) is 69.7 Å². The molecular weight excluding hydrogens is 505 g/mol. The van der Waals surface area contributed by atoms with Gasteiger partial charge in [0, 0.05) is 18.4 Å². The molecule has 1 aromatic carbocycles. The predicted molar refractivity (Wildman–Crippen MR) is 117 cm³/mol. The number of amides is 1. The summed E-state index contributed by atoms with van der Waals surface area (Å²) in [6.07, 6.45) is -0.0126. The van der Waals surface area contributed by atoms with Crippen molar-refractivity contribution < 1.29 is 47.9 Å². The smallest absolute Gasteiger partial charge is 0.313 e. The van der Waals surface area contributed by atoms with Crippen LogP contribution in [0, 0.1) is 0 Å². The van der Waals surface area contributed by atoms with Crippen LogP contribution in [0.1, 0.15) is 13.3 Å². The van der Waals surface area contributed by atoms with Crippen molar-refractivity contribution >= 4 is 47.1 Å². The van der Waals surface area contributed by atoms with Gasteiger partial charge < -0.3 is 34.3 Å². The summed E-state index contributed by atoms with van der Waals surface area (Å²) in [7, 11) is 0. The molecule has 0 saturated heterocycles. The molecule has 14 heteroatoms. The van der Waals surface area contributed by atoms with Gasteiger partial charge in [-0.1, -0.05) is 23.2 Å². The number of hydrogen-bond acceptors (Lipinski definition) is 11. The molecule has 0 bridgehead atoms. The highest BCUT2D eigenvalue weighted by molar-refractivity contribution is 7.94. The van der Waals surface area contributed by atoms with E-state index in [1.165, 1.54) is 19.1 Å². The molecule has 0 fully saturated rings. The summed E-state index contributed by atoms with van der Waals surface area (Å²) in [5.74, 6) is -0.669. The van der Waals surface area contributed by atoms with E-state index in [2.05, 4.69) is 14.7 Å². The molecule has 188 valence electrons. The molecule has 0 aliphatic carbocycles.